The third kappa shape index (κ3) is 2.19. The molecule has 0 bridgehead atoms. The number of pyridine rings is 1. The van der Waals surface area contributed by atoms with Gasteiger partial charge in [0.1, 0.15) is 0 Å². The zero-order valence-corrected chi connectivity index (χ0v) is 9.44. The number of fused-ring (bicyclic) bond motifs is 1. The number of hydrogen-bond donors (Lipinski definition) is 0. The van der Waals surface area contributed by atoms with E-state index in [1.807, 2.05) is 0 Å². The van der Waals surface area contributed by atoms with E-state index in [4.69, 9.17) is 11.6 Å². The lowest BCUT2D eigenvalue weighted by Gasteiger charge is -2.00. The summed E-state index contributed by atoms with van der Waals surface area (Å²) in [5.41, 5.74) is 1.20. The Balaban J connectivity index is 2.75. The van der Waals surface area contributed by atoms with E-state index in [0.717, 1.165) is 0 Å². The molecule has 2 aromatic rings. The summed E-state index contributed by atoms with van der Waals surface area (Å²) in [6, 6.07) is 6.34. The molecule has 0 aliphatic carbocycles. The van der Waals surface area contributed by atoms with E-state index in [-0.39, 0.29) is 11.6 Å². The van der Waals surface area contributed by atoms with Crippen molar-refractivity contribution in [2.45, 2.75) is 0 Å². The van der Waals surface area contributed by atoms with Crippen LogP contribution in [0.4, 0.5) is 5.69 Å². The van der Waals surface area contributed by atoms with Gasteiger partial charge in [0.15, 0.2) is 0 Å². The van der Waals surface area contributed by atoms with Crippen LogP contribution in [0.5, 0.6) is 0 Å². The highest BCUT2D eigenvalue weighted by Crippen LogP contribution is 2.26. The van der Waals surface area contributed by atoms with E-state index in [9.17, 15) is 10.1 Å². The van der Waals surface area contributed by atoms with E-state index in [0.29, 0.717) is 16.5 Å². The third-order valence-electron chi connectivity index (χ3n) is 2.23. The first-order valence-electron chi connectivity index (χ1n) is 4.81. The van der Waals surface area contributed by atoms with Gasteiger partial charge in [-0.05, 0) is 18.2 Å². The molecule has 0 atom stereocenters. The van der Waals surface area contributed by atoms with Crippen LogP contribution in [0.1, 0.15) is 5.56 Å². The molecule has 0 saturated carbocycles. The Hall–Kier alpha value is -2.12. The highest BCUT2D eigenvalue weighted by atomic mass is 35.5. The first-order valence-corrected chi connectivity index (χ1v) is 5.34. The Bertz CT molecular complexity index is 644. The van der Waals surface area contributed by atoms with E-state index >= 15 is 0 Å². The molecule has 84 valence electrons. The minimum atomic E-state index is -0.428. The summed E-state index contributed by atoms with van der Waals surface area (Å²) in [5, 5.41) is 11.3. The normalized spacial score (nSPS) is 9.71. The molecular weight excluding hydrogens is 240 g/mol. The molecule has 0 N–H and O–H groups in total. The van der Waals surface area contributed by atoms with Crippen molar-refractivity contribution < 1.29 is 4.92 Å². The number of benzene rings is 1. The molecule has 0 amide bonds. The summed E-state index contributed by atoms with van der Waals surface area (Å²) < 4.78 is 0. The number of alkyl halides is 1. The second kappa shape index (κ2) is 4.81. The van der Waals surface area contributed by atoms with E-state index in [1.54, 1.807) is 24.4 Å². The van der Waals surface area contributed by atoms with Crippen LogP contribution < -0.4 is 0 Å². The molecule has 4 nitrogen and oxygen atoms in total. The van der Waals surface area contributed by atoms with Gasteiger partial charge in [-0.2, -0.15) is 0 Å². The van der Waals surface area contributed by atoms with Crippen LogP contribution in [0.3, 0.4) is 0 Å². The molecule has 2 rings (SSSR count). The van der Waals surface area contributed by atoms with Gasteiger partial charge in [0.05, 0.1) is 27.3 Å². The lowest BCUT2D eigenvalue weighted by Crippen LogP contribution is -1.92. The Morgan fingerprint density at radius 1 is 1.41 bits per heavy atom. The quantitative estimate of drug-likeness (QED) is 0.336. The van der Waals surface area contributed by atoms with Gasteiger partial charge < -0.3 is 0 Å². The van der Waals surface area contributed by atoms with Gasteiger partial charge in [0.25, 0.3) is 5.69 Å². The van der Waals surface area contributed by atoms with E-state index < -0.39 is 4.92 Å². The van der Waals surface area contributed by atoms with Crippen LogP contribution in [-0.2, 0) is 0 Å². The van der Waals surface area contributed by atoms with Crippen molar-refractivity contribution >= 4 is 28.2 Å². The minimum Gasteiger partial charge on any atom is -0.258 e. The van der Waals surface area contributed by atoms with Crippen molar-refractivity contribution in [2.75, 3.05) is 5.88 Å². The zero-order valence-electron chi connectivity index (χ0n) is 8.68. The van der Waals surface area contributed by atoms with Crippen molar-refractivity contribution in [1.29, 1.82) is 0 Å². The Labute approximate surface area is 102 Å². The maximum Gasteiger partial charge on any atom is 0.278 e. The SMILES string of the molecule is O=[N+]([O-])c1ccc(C#CCCl)c2ncccc12. The summed E-state index contributed by atoms with van der Waals surface area (Å²) in [4.78, 5) is 14.6. The molecule has 0 spiro atoms. The van der Waals surface area contributed by atoms with Gasteiger partial charge in [-0.15, -0.1) is 11.6 Å². The molecule has 17 heavy (non-hydrogen) atoms. The summed E-state index contributed by atoms with van der Waals surface area (Å²) in [6.07, 6.45) is 1.58. The second-order valence-electron chi connectivity index (χ2n) is 3.22. The van der Waals surface area contributed by atoms with Crippen molar-refractivity contribution in [3.63, 3.8) is 0 Å². The fourth-order valence-electron chi connectivity index (χ4n) is 1.55. The Kier molecular flexibility index (Phi) is 3.22. The molecule has 0 radical (unpaired) electrons. The summed E-state index contributed by atoms with van der Waals surface area (Å²) in [5.74, 6) is 5.76. The molecule has 0 aliphatic heterocycles. The maximum atomic E-state index is 10.9. The Morgan fingerprint density at radius 3 is 2.94 bits per heavy atom. The van der Waals surface area contributed by atoms with Gasteiger partial charge in [-0.25, -0.2) is 0 Å². The van der Waals surface area contributed by atoms with Gasteiger partial charge in [0.2, 0.25) is 0 Å². The van der Waals surface area contributed by atoms with Crippen molar-refractivity contribution in [3.8, 4) is 11.8 Å². The molecule has 1 aromatic carbocycles. The number of non-ortho nitro benzene ring substituents is 1. The molecule has 1 aromatic heterocycles. The van der Waals surface area contributed by atoms with Crippen LogP contribution in [0.2, 0.25) is 0 Å². The summed E-state index contributed by atoms with van der Waals surface area (Å²) in [7, 11) is 0. The fourth-order valence-corrected chi connectivity index (χ4v) is 1.61. The van der Waals surface area contributed by atoms with Crippen molar-refractivity contribution in [2.24, 2.45) is 0 Å². The van der Waals surface area contributed by atoms with Gasteiger partial charge in [0, 0.05) is 12.3 Å². The number of aromatic nitrogens is 1. The summed E-state index contributed by atoms with van der Waals surface area (Å²) >= 11 is 5.48. The molecular formula is C12H7ClN2O2. The molecule has 5 heteroatoms. The van der Waals surface area contributed by atoms with Crippen LogP contribution >= 0.6 is 11.6 Å². The number of rotatable bonds is 1. The summed E-state index contributed by atoms with van der Waals surface area (Å²) in [6.45, 7) is 0. The second-order valence-corrected chi connectivity index (χ2v) is 3.49. The Morgan fingerprint density at radius 2 is 2.24 bits per heavy atom. The van der Waals surface area contributed by atoms with Crippen LogP contribution in [-0.4, -0.2) is 15.8 Å². The number of hydrogen-bond acceptors (Lipinski definition) is 3. The van der Waals surface area contributed by atoms with Crippen molar-refractivity contribution in [3.05, 3.63) is 46.1 Å². The first-order chi connectivity index (χ1) is 8.24. The number of nitrogens with zero attached hydrogens (tertiary/aromatic N) is 2. The lowest BCUT2D eigenvalue weighted by molar-refractivity contribution is -0.383. The van der Waals surface area contributed by atoms with Crippen molar-refractivity contribution in [1.82, 2.24) is 4.98 Å². The molecule has 1 heterocycles. The predicted octanol–water partition coefficient (Wildman–Crippen LogP) is 2.73. The van der Waals surface area contributed by atoms with Crippen LogP contribution in [0.15, 0.2) is 30.5 Å². The fraction of sp³-hybridized carbons (Fsp3) is 0.0833. The average Bonchev–Trinajstić information content (AvgIpc) is 2.35. The van der Waals surface area contributed by atoms with Crippen LogP contribution in [0.25, 0.3) is 10.9 Å². The van der Waals surface area contributed by atoms with Gasteiger partial charge >= 0.3 is 0 Å². The number of nitro benzene ring substituents is 1. The molecule has 0 unspecified atom stereocenters. The zero-order chi connectivity index (χ0) is 12.3. The third-order valence-corrected chi connectivity index (χ3v) is 2.37. The largest absolute Gasteiger partial charge is 0.278 e. The smallest absolute Gasteiger partial charge is 0.258 e. The average molecular weight is 247 g/mol. The topological polar surface area (TPSA) is 56.0 Å². The van der Waals surface area contributed by atoms with Gasteiger partial charge in [-0.3, -0.25) is 15.1 Å². The molecule has 0 fully saturated rings. The lowest BCUT2D eigenvalue weighted by atomic mass is 10.1. The van der Waals surface area contributed by atoms with E-state index in [1.165, 1.54) is 6.07 Å². The molecule has 0 aliphatic rings. The molecule has 0 saturated heterocycles. The number of nitro groups is 1. The minimum absolute atomic E-state index is 0.0320. The maximum absolute atomic E-state index is 10.9. The van der Waals surface area contributed by atoms with E-state index in [2.05, 4.69) is 16.8 Å². The highest BCUT2D eigenvalue weighted by Gasteiger charge is 2.13. The number of halogens is 1. The highest BCUT2D eigenvalue weighted by molar-refractivity contribution is 6.19. The standard InChI is InChI=1S/C12H7ClN2O2/c13-7-1-3-9-5-6-11(15(16)17)10-4-2-8-14-12(9)10/h2,4-6,8H,7H2. The first kappa shape index (κ1) is 11.4. The van der Waals surface area contributed by atoms with Crippen LogP contribution in [0, 0.1) is 22.0 Å². The van der Waals surface area contributed by atoms with Gasteiger partial charge in [-0.1, -0.05) is 11.8 Å². The predicted molar refractivity (Wildman–Crippen MR) is 66.0 cm³/mol. The monoisotopic (exact) mass is 246 g/mol.